The minimum absolute atomic E-state index is 0.372. The Bertz CT molecular complexity index is 453. The van der Waals surface area contributed by atoms with Crippen LogP contribution in [0.4, 0.5) is 10.5 Å². The van der Waals surface area contributed by atoms with Gasteiger partial charge in [-0.3, -0.25) is 4.79 Å². The minimum atomic E-state index is -1.08. The van der Waals surface area contributed by atoms with Crippen LogP contribution in [0.2, 0.25) is 5.02 Å². The van der Waals surface area contributed by atoms with E-state index in [9.17, 15) is 9.59 Å². The fraction of sp³-hybridized carbons (Fsp3) is 0.200. The van der Waals surface area contributed by atoms with Gasteiger partial charge in [-0.2, -0.15) is 0 Å². The van der Waals surface area contributed by atoms with Gasteiger partial charge in [-0.05, 0) is 18.2 Å². The van der Waals surface area contributed by atoms with E-state index in [0.29, 0.717) is 10.7 Å². The van der Waals surface area contributed by atoms with Crippen LogP contribution < -0.4 is 5.32 Å². The van der Waals surface area contributed by atoms with Gasteiger partial charge in [0.15, 0.2) is 0 Å². The first-order valence-corrected chi connectivity index (χ1v) is 5.76. The molecule has 0 atom stereocenters. The third-order valence-electron chi connectivity index (χ3n) is 1.89. The number of aliphatic carboxylic acids is 1. The van der Waals surface area contributed by atoms with E-state index in [0.717, 1.165) is 9.37 Å². The highest BCUT2D eigenvalue weighted by molar-refractivity contribution is 9.10. The van der Waals surface area contributed by atoms with Crippen molar-refractivity contribution in [1.82, 2.24) is 4.90 Å². The third-order valence-corrected chi connectivity index (χ3v) is 2.70. The van der Waals surface area contributed by atoms with E-state index in [4.69, 9.17) is 16.7 Å². The molecule has 0 spiro atoms. The summed E-state index contributed by atoms with van der Waals surface area (Å²) in [5.41, 5.74) is 0.428. The molecule has 5 nitrogen and oxygen atoms in total. The molecule has 0 saturated carbocycles. The standard InChI is InChI=1S/C10H10BrClN2O3/c1-14(5-9(15)16)10(17)13-8-3-2-6(11)4-7(8)12/h2-4H,5H2,1H3,(H,13,17)(H,15,16). The molecule has 1 aromatic carbocycles. The van der Waals surface area contributed by atoms with Gasteiger partial charge in [-0.15, -0.1) is 0 Å². The van der Waals surface area contributed by atoms with Crippen LogP contribution >= 0.6 is 27.5 Å². The summed E-state index contributed by atoms with van der Waals surface area (Å²) in [4.78, 5) is 23.0. The largest absolute Gasteiger partial charge is 0.480 e. The lowest BCUT2D eigenvalue weighted by Crippen LogP contribution is -2.35. The highest BCUT2D eigenvalue weighted by Gasteiger charge is 2.13. The molecule has 7 heteroatoms. The van der Waals surface area contributed by atoms with Crippen LogP contribution in [-0.2, 0) is 4.79 Å². The second kappa shape index (κ2) is 5.88. The zero-order valence-corrected chi connectivity index (χ0v) is 11.2. The molecule has 2 amide bonds. The van der Waals surface area contributed by atoms with Crippen LogP contribution in [0.1, 0.15) is 0 Å². The molecule has 0 aliphatic carbocycles. The normalized spacial score (nSPS) is 9.82. The molecule has 0 heterocycles. The lowest BCUT2D eigenvalue weighted by Gasteiger charge is -2.16. The molecular weight excluding hydrogens is 311 g/mol. The molecule has 0 aliphatic rings. The molecule has 2 N–H and O–H groups in total. The van der Waals surface area contributed by atoms with E-state index in [-0.39, 0.29) is 6.54 Å². The second-order valence-corrected chi connectivity index (χ2v) is 4.63. The Balaban J connectivity index is 2.71. The topological polar surface area (TPSA) is 69.6 Å². The van der Waals surface area contributed by atoms with Crippen molar-refractivity contribution in [3.05, 3.63) is 27.7 Å². The predicted molar refractivity (Wildman–Crippen MR) is 68.4 cm³/mol. The average molecular weight is 322 g/mol. The molecular formula is C10H10BrClN2O3. The van der Waals surface area contributed by atoms with Crippen LogP contribution in [0.25, 0.3) is 0 Å². The molecule has 0 fully saturated rings. The molecule has 0 unspecified atom stereocenters. The van der Waals surface area contributed by atoms with Crippen molar-refractivity contribution in [2.24, 2.45) is 0 Å². The van der Waals surface area contributed by atoms with Crippen LogP contribution in [-0.4, -0.2) is 35.6 Å². The summed E-state index contributed by atoms with van der Waals surface area (Å²) in [5.74, 6) is -1.08. The summed E-state index contributed by atoms with van der Waals surface area (Å²) in [6.07, 6.45) is 0. The fourth-order valence-corrected chi connectivity index (χ4v) is 1.80. The fourth-order valence-electron chi connectivity index (χ4n) is 1.08. The molecule has 0 aromatic heterocycles. The Morgan fingerprint density at radius 2 is 2.18 bits per heavy atom. The molecule has 0 radical (unpaired) electrons. The first-order valence-electron chi connectivity index (χ1n) is 4.59. The van der Waals surface area contributed by atoms with E-state index in [1.807, 2.05) is 0 Å². The molecule has 0 bridgehead atoms. The predicted octanol–water partition coefficient (Wildman–Crippen LogP) is 2.65. The molecule has 1 aromatic rings. The zero-order chi connectivity index (χ0) is 13.0. The maximum atomic E-state index is 11.6. The van der Waals surface area contributed by atoms with Gasteiger partial charge in [0.25, 0.3) is 0 Å². The van der Waals surface area contributed by atoms with E-state index in [2.05, 4.69) is 21.2 Å². The molecule has 1 rings (SSSR count). The van der Waals surface area contributed by atoms with Crippen molar-refractivity contribution < 1.29 is 14.7 Å². The summed E-state index contributed by atoms with van der Waals surface area (Å²) in [6, 6.07) is 4.45. The van der Waals surface area contributed by atoms with Crippen LogP contribution in [0.15, 0.2) is 22.7 Å². The number of carboxylic acid groups (broad SMARTS) is 1. The number of benzene rings is 1. The van der Waals surface area contributed by atoms with Gasteiger partial charge in [0.05, 0.1) is 10.7 Å². The van der Waals surface area contributed by atoms with Crippen LogP contribution in [0, 0.1) is 0 Å². The highest BCUT2D eigenvalue weighted by atomic mass is 79.9. The number of amides is 2. The van der Waals surface area contributed by atoms with E-state index in [1.165, 1.54) is 7.05 Å². The number of carbonyl (C=O) groups excluding carboxylic acids is 1. The molecule has 0 aliphatic heterocycles. The summed E-state index contributed by atoms with van der Waals surface area (Å²) >= 11 is 9.14. The van der Waals surface area contributed by atoms with Crippen molar-refractivity contribution in [3.63, 3.8) is 0 Å². The second-order valence-electron chi connectivity index (χ2n) is 3.30. The number of nitrogens with zero attached hydrogens (tertiary/aromatic N) is 1. The number of rotatable bonds is 3. The van der Waals surface area contributed by atoms with E-state index < -0.39 is 12.0 Å². The van der Waals surface area contributed by atoms with E-state index >= 15 is 0 Å². The van der Waals surface area contributed by atoms with Gasteiger partial charge in [-0.25, -0.2) is 4.79 Å². The summed E-state index contributed by atoms with van der Waals surface area (Å²) in [7, 11) is 1.39. The lowest BCUT2D eigenvalue weighted by atomic mass is 10.3. The van der Waals surface area contributed by atoms with Gasteiger partial charge in [0, 0.05) is 11.5 Å². The number of hydrogen-bond donors (Lipinski definition) is 2. The van der Waals surface area contributed by atoms with Gasteiger partial charge in [-0.1, -0.05) is 27.5 Å². The van der Waals surface area contributed by atoms with Crippen molar-refractivity contribution in [3.8, 4) is 0 Å². The third kappa shape index (κ3) is 4.24. The first-order chi connectivity index (χ1) is 7.90. The first kappa shape index (κ1) is 13.8. The number of nitrogens with one attached hydrogen (secondary N) is 1. The molecule has 92 valence electrons. The Morgan fingerprint density at radius 3 is 2.71 bits per heavy atom. The van der Waals surface area contributed by atoms with Crippen LogP contribution in [0.3, 0.4) is 0 Å². The van der Waals surface area contributed by atoms with Crippen molar-refractivity contribution in [2.75, 3.05) is 18.9 Å². The van der Waals surface area contributed by atoms with Crippen molar-refractivity contribution in [2.45, 2.75) is 0 Å². The van der Waals surface area contributed by atoms with Gasteiger partial charge >= 0.3 is 12.0 Å². The number of urea groups is 1. The highest BCUT2D eigenvalue weighted by Crippen LogP contribution is 2.25. The smallest absolute Gasteiger partial charge is 0.323 e. The minimum Gasteiger partial charge on any atom is -0.480 e. The average Bonchev–Trinajstić information content (AvgIpc) is 2.21. The van der Waals surface area contributed by atoms with Gasteiger partial charge in [0.1, 0.15) is 6.54 Å². The summed E-state index contributed by atoms with van der Waals surface area (Å²) < 4.78 is 0.791. The molecule has 17 heavy (non-hydrogen) atoms. The van der Waals surface area contributed by atoms with Gasteiger partial charge < -0.3 is 15.3 Å². The van der Waals surface area contributed by atoms with Crippen molar-refractivity contribution >= 4 is 45.2 Å². The van der Waals surface area contributed by atoms with Gasteiger partial charge in [0.2, 0.25) is 0 Å². The Morgan fingerprint density at radius 1 is 1.53 bits per heavy atom. The van der Waals surface area contributed by atoms with Crippen molar-refractivity contribution in [1.29, 1.82) is 0 Å². The Hall–Kier alpha value is -1.27. The monoisotopic (exact) mass is 320 g/mol. The lowest BCUT2D eigenvalue weighted by molar-refractivity contribution is -0.137. The Kier molecular flexibility index (Phi) is 4.77. The van der Waals surface area contributed by atoms with Crippen LogP contribution in [0.5, 0.6) is 0 Å². The maximum Gasteiger partial charge on any atom is 0.323 e. The zero-order valence-electron chi connectivity index (χ0n) is 8.91. The molecule has 0 saturated heterocycles. The number of likely N-dealkylation sites (N-methyl/N-ethyl adjacent to an activating group) is 1. The summed E-state index contributed by atoms with van der Waals surface area (Å²) in [6.45, 7) is -0.375. The number of carboxylic acids is 1. The number of hydrogen-bond acceptors (Lipinski definition) is 2. The van der Waals surface area contributed by atoms with E-state index in [1.54, 1.807) is 18.2 Å². The SMILES string of the molecule is CN(CC(=O)O)C(=O)Nc1ccc(Br)cc1Cl. The summed E-state index contributed by atoms with van der Waals surface area (Å²) in [5, 5.41) is 11.4. The number of anilines is 1. The quantitative estimate of drug-likeness (QED) is 0.899. The number of halogens is 2. The number of carbonyl (C=O) groups is 2. The maximum absolute atomic E-state index is 11.6. The Labute approximate surface area is 111 Å².